The van der Waals surface area contributed by atoms with Crippen LogP contribution in [0.4, 0.5) is 0 Å². The zero-order valence-electron chi connectivity index (χ0n) is 14.8. The smallest absolute Gasteiger partial charge is 0.126 e. The van der Waals surface area contributed by atoms with Crippen LogP contribution >= 0.6 is 0 Å². The second-order valence-corrected chi connectivity index (χ2v) is 7.55. The van der Waals surface area contributed by atoms with Gasteiger partial charge in [0.15, 0.2) is 0 Å². The Labute approximate surface area is 148 Å². The molecule has 5 rings (SSSR count). The number of hydrogen-bond acceptors (Lipinski definition) is 3. The van der Waals surface area contributed by atoms with Crippen LogP contribution in [0.15, 0.2) is 24.4 Å². The van der Waals surface area contributed by atoms with Crippen molar-refractivity contribution in [1.29, 1.82) is 0 Å². The van der Waals surface area contributed by atoms with Crippen LogP contribution < -0.4 is 0 Å². The molecule has 1 fully saturated rings. The summed E-state index contributed by atoms with van der Waals surface area (Å²) in [6.45, 7) is 2.14. The average molecular weight is 335 g/mol. The molecule has 5 heteroatoms. The molecule has 2 aliphatic rings. The Kier molecular flexibility index (Phi) is 3.63. The largest absolute Gasteiger partial charge is 0.334 e. The Balaban J connectivity index is 1.43. The van der Waals surface area contributed by atoms with Gasteiger partial charge in [-0.1, -0.05) is 12.1 Å². The predicted octanol–water partition coefficient (Wildman–Crippen LogP) is 3.51. The minimum atomic E-state index is 0.452. The molecule has 5 nitrogen and oxygen atoms in total. The molecule has 0 bridgehead atoms. The molecule has 0 spiro atoms. The highest BCUT2D eigenvalue weighted by atomic mass is 15.2. The Bertz CT molecular complexity index is 906. The predicted molar refractivity (Wildman–Crippen MR) is 98.3 cm³/mol. The monoisotopic (exact) mass is 335 g/mol. The van der Waals surface area contributed by atoms with E-state index in [1.165, 1.54) is 60.3 Å². The van der Waals surface area contributed by atoms with E-state index >= 15 is 0 Å². The highest BCUT2D eigenvalue weighted by Gasteiger charge is 2.31. The SMILES string of the molecule is Cn1c([C@H]2CCCN2Cc2ccc3cn[nH]c3c2)nc2c1CCCC2. The summed E-state index contributed by atoms with van der Waals surface area (Å²) < 4.78 is 2.40. The van der Waals surface area contributed by atoms with Gasteiger partial charge in [-0.15, -0.1) is 0 Å². The lowest BCUT2D eigenvalue weighted by molar-refractivity contribution is 0.236. The van der Waals surface area contributed by atoms with Gasteiger partial charge in [0, 0.05) is 24.7 Å². The summed E-state index contributed by atoms with van der Waals surface area (Å²) >= 11 is 0. The first-order valence-electron chi connectivity index (χ1n) is 9.50. The number of aromatic nitrogens is 4. The van der Waals surface area contributed by atoms with Crippen molar-refractivity contribution in [2.24, 2.45) is 7.05 Å². The second-order valence-electron chi connectivity index (χ2n) is 7.55. The van der Waals surface area contributed by atoms with Gasteiger partial charge in [-0.2, -0.15) is 5.10 Å². The van der Waals surface area contributed by atoms with E-state index in [1.54, 1.807) is 0 Å². The molecule has 1 saturated heterocycles. The summed E-state index contributed by atoms with van der Waals surface area (Å²) in [6.07, 6.45) is 9.32. The highest BCUT2D eigenvalue weighted by Crippen LogP contribution is 2.35. The molecule has 0 saturated carbocycles. The minimum Gasteiger partial charge on any atom is -0.334 e. The van der Waals surface area contributed by atoms with Crippen LogP contribution in [0.25, 0.3) is 10.9 Å². The molecule has 25 heavy (non-hydrogen) atoms. The van der Waals surface area contributed by atoms with Crippen molar-refractivity contribution in [3.05, 3.63) is 47.2 Å². The number of fused-ring (bicyclic) bond motifs is 2. The maximum absolute atomic E-state index is 5.07. The number of aromatic amines is 1. The maximum atomic E-state index is 5.07. The Hall–Kier alpha value is -2.14. The first kappa shape index (κ1) is 15.1. The van der Waals surface area contributed by atoms with Gasteiger partial charge >= 0.3 is 0 Å². The molecule has 0 unspecified atom stereocenters. The number of imidazole rings is 1. The molecule has 1 atom stereocenters. The van der Waals surface area contributed by atoms with Crippen LogP contribution in [0.5, 0.6) is 0 Å². The van der Waals surface area contributed by atoms with Crippen molar-refractivity contribution >= 4 is 10.9 Å². The Morgan fingerprint density at radius 3 is 3.04 bits per heavy atom. The fraction of sp³-hybridized carbons (Fsp3) is 0.500. The van der Waals surface area contributed by atoms with Crippen LogP contribution in [0.1, 0.15) is 54.5 Å². The van der Waals surface area contributed by atoms with Gasteiger partial charge in [0.05, 0.1) is 23.4 Å². The van der Waals surface area contributed by atoms with Crippen molar-refractivity contribution in [3.63, 3.8) is 0 Å². The number of nitrogens with one attached hydrogen (secondary N) is 1. The number of likely N-dealkylation sites (tertiary alicyclic amines) is 1. The third kappa shape index (κ3) is 2.58. The summed E-state index contributed by atoms with van der Waals surface area (Å²) in [5, 5.41) is 8.40. The standard InChI is InChI=1S/C20H25N5/c1-24-18-6-3-2-5-16(18)22-20(24)19-7-4-10-25(19)13-14-8-9-15-12-21-23-17(15)11-14/h8-9,11-12,19H,2-7,10,13H2,1H3,(H,21,23)/t19-/m1/s1. The molecule has 1 aromatic carbocycles. The fourth-order valence-electron chi connectivity index (χ4n) is 4.63. The third-order valence-electron chi connectivity index (χ3n) is 5.96. The normalized spacial score (nSPS) is 21.1. The van der Waals surface area contributed by atoms with Gasteiger partial charge < -0.3 is 4.57 Å². The molecule has 3 heterocycles. The van der Waals surface area contributed by atoms with Crippen LogP contribution in [-0.2, 0) is 26.4 Å². The van der Waals surface area contributed by atoms with Gasteiger partial charge in [-0.05, 0) is 56.7 Å². The van der Waals surface area contributed by atoms with E-state index in [0.29, 0.717) is 6.04 Å². The van der Waals surface area contributed by atoms with Crippen molar-refractivity contribution in [3.8, 4) is 0 Å². The molecule has 1 aliphatic carbocycles. The fourth-order valence-corrected chi connectivity index (χ4v) is 4.63. The quantitative estimate of drug-likeness (QED) is 0.797. The Morgan fingerprint density at radius 2 is 2.12 bits per heavy atom. The van der Waals surface area contributed by atoms with Gasteiger partial charge in [0.1, 0.15) is 5.82 Å². The van der Waals surface area contributed by atoms with Gasteiger partial charge in [-0.25, -0.2) is 4.98 Å². The summed E-state index contributed by atoms with van der Waals surface area (Å²) in [6, 6.07) is 7.09. The molecular formula is C20H25N5. The van der Waals surface area contributed by atoms with Crippen molar-refractivity contribution in [2.45, 2.75) is 51.1 Å². The highest BCUT2D eigenvalue weighted by molar-refractivity contribution is 5.78. The second kappa shape index (κ2) is 5.99. The van der Waals surface area contributed by atoms with Crippen molar-refractivity contribution in [2.75, 3.05) is 6.54 Å². The van der Waals surface area contributed by atoms with Gasteiger partial charge in [0.2, 0.25) is 0 Å². The molecule has 1 aliphatic heterocycles. The molecular weight excluding hydrogens is 310 g/mol. The van der Waals surface area contributed by atoms with E-state index in [-0.39, 0.29) is 0 Å². The van der Waals surface area contributed by atoms with E-state index in [4.69, 9.17) is 4.98 Å². The van der Waals surface area contributed by atoms with Gasteiger partial charge in [0.25, 0.3) is 0 Å². The zero-order chi connectivity index (χ0) is 16.8. The number of rotatable bonds is 3. The lowest BCUT2D eigenvalue weighted by atomic mass is 10.0. The molecule has 0 amide bonds. The summed E-state index contributed by atoms with van der Waals surface area (Å²) in [7, 11) is 2.22. The molecule has 2 aromatic heterocycles. The number of hydrogen-bond donors (Lipinski definition) is 1. The first-order chi connectivity index (χ1) is 12.3. The third-order valence-corrected chi connectivity index (χ3v) is 5.96. The Morgan fingerprint density at radius 1 is 1.20 bits per heavy atom. The van der Waals surface area contributed by atoms with E-state index in [2.05, 4.69) is 44.9 Å². The lowest BCUT2D eigenvalue weighted by Gasteiger charge is -2.24. The lowest BCUT2D eigenvalue weighted by Crippen LogP contribution is -2.25. The van der Waals surface area contributed by atoms with E-state index < -0.39 is 0 Å². The average Bonchev–Trinajstić information content (AvgIpc) is 3.34. The number of benzene rings is 1. The number of nitrogens with zero attached hydrogens (tertiary/aromatic N) is 4. The van der Waals surface area contributed by atoms with E-state index in [0.717, 1.165) is 25.0 Å². The number of aryl methyl sites for hydroxylation is 1. The minimum absolute atomic E-state index is 0.452. The van der Waals surface area contributed by atoms with Crippen molar-refractivity contribution < 1.29 is 0 Å². The summed E-state index contributed by atoms with van der Waals surface area (Å²) in [5.41, 5.74) is 5.31. The van der Waals surface area contributed by atoms with Gasteiger partial charge in [-0.3, -0.25) is 10.00 Å². The summed E-state index contributed by atoms with van der Waals surface area (Å²) in [5.74, 6) is 1.28. The molecule has 130 valence electrons. The molecule has 1 N–H and O–H groups in total. The molecule has 3 aromatic rings. The zero-order valence-corrected chi connectivity index (χ0v) is 14.8. The molecule has 0 radical (unpaired) electrons. The first-order valence-corrected chi connectivity index (χ1v) is 9.50. The van der Waals surface area contributed by atoms with E-state index in [9.17, 15) is 0 Å². The van der Waals surface area contributed by atoms with Crippen LogP contribution in [0.3, 0.4) is 0 Å². The summed E-state index contributed by atoms with van der Waals surface area (Å²) in [4.78, 5) is 7.67. The van der Waals surface area contributed by atoms with Crippen LogP contribution in [0.2, 0.25) is 0 Å². The maximum Gasteiger partial charge on any atom is 0.126 e. The van der Waals surface area contributed by atoms with Crippen LogP contribution in [0, 0.1) is 0 Å². The topological polar surface area (TPSA) is 49.7 Å². The van der Waals surface area contributed by atoms with Crippen LogP contribution in [-0.4, -0.2) is 31.2 Å². The number of H-pyrrole nitrogens is 1. The van der Waals surface area contributed by atoms with Crippen molar-refractivity contribution in [1.82, 2.24) is 24.6 Å². The van der Waals surface area contributed by atoms with E-state index in [1.807, 2.05) is 6.20 Å².